The van der Waals surface area contributed by atoms with Crippen LogP contribution in [0.5, 0.6) is 0 Å². The lowest BCUT2D eigenvalue weighted by atomic mass is 10.3. The highest BCUT2D eigenvalue weighted by molar-refractivity contribution is 9.11. The summed E-state index contributed by atoms with van der Waals surface area (Å²) in [5, 5.41) is 0. The summed E-state index contributed by atoms with van der Waals surface area (Å²) in [6, 6.07) is 6.26. The van der Waals surface area contributed by atoms with Crippen LogP contribution in [0.2, 0.25) is 0 Å². The highest BCUT2D eigenvalue weighted by atomic mass is 79.9. The molecule has 3 aromatic heterocycles. The number of aromatic nitrogens is 3. The summed E-state index contributed by atoms with van der Waals surface area (Å²) < 4.78 is 3.30. The van der Waals surface area contributed by atoms with Crippen LogP contribution in [0.4, 0.5) is 0 Å². The number of nitrogens with zero attached hydrogens (tertiary/aromatic N) is 3. The minimum atomic E-state index is 0.566. The average Bonchev–Trinajstić information content (AvgIpc) is 2.95. The van der Waals surface area contributed by atoms with Gasteiger partial charge in [0, 0.05) is 23.4 Å². The van der Waals surface area contributed by atoms with Crippen molar-refractivity contribution in [3.05, 3.63) is 44.4 Å². The molecule has 0 fully saturated rings. The van der Waals surface area contributed by atoms with E-state index in [2.05, 4.69) is 48.7 Å². The van der Waals surface area contributed by atoms with Crippen LogP contribution in [0.15, 0.2) is 28.2 Å². The Morgan fingerprint density at radius 3 is 2.95 bits per heavy atom. The van der Waals surface area contributed by atoms with Gasteiger partial charge in [-0.05, 0) is 46.6 Å². The Kier molecular flexibility index (Phi) is 4.10. The summed E-state index contributed by atoms with van der Waals surface area (Å²) in [6.45, 7) is 2.82. The zero-order chi connectivity index (χ0) is 14.1. The van der Waals surface area contributed by atoms with Gasteiger partial charge in [-0.15, -0.1) is 22.9 Å². The third kappa shape index (κ3) is 2.75. The maximum absolute atomic E-state index is 5.90. The number of hydrogen-bond acceptors (Lipinski definition) is 3. The van der Waals surface area contributed by atoms with Crippen molar-refractivity contribution >= 4 is 50.0 Å². The first kappa shape index (κ1) is 14.0. The van der Waals surface area contributed by atoms with Crippen molar-refractivity contribution in [3.63, 3.8) is 0 Å². The molecule has 0 aromatic carbocycles. The normalized spacial score (nSPS) is 11.3. The molecule has 0 aliphatic rings. The molecule has 0 saturated heterocycles. The smallest absolute Gasteiger partial charge is 0.160 e. The van der Waals surface area contributed by atoms with Gasteiger partial charge >= 0.3 is 0 Å². The quantitative estimate of drug-likeness (QED) is 0.638. The van der Waals surface area contributed by atoms with Gasteiger partial charge in [-0.1, -0.05) is 0 Å². The van der Waals surface area contributed by atoms with Crippen LogP contribution in [-0.2, 0) is 13.0 Å². The summed E-state index contributed by atoms with van der Waals surface area (Å²) in [7, 11) is 0. The van der Waals surface area contributed by atoms with Crippen LogP contribution in [-0.4, -0.2) is 20.4 Å². The molecule has 6 heteroatoms. The topological polar surface area (TPSA) is 30.7 Å². The molecular formula is C14H13BrClN3S. The van der Waals surface area contributed by atoms with E-state index in [1.807, 2.05) is 13.1 Å². The van der Waals surface area contributed by atoms with Crippen LogP contribution in [0.25, 0.3) is 11.2 Å². The second-order valence-corrected chi connectivity index (χ2v) is 7.54. The highest BCUT2D eigenvalue weighted by Gasteiger charge is 2.13. The third-order valence-corrected chi connectivity index (χ3v) is 4.86. The number of alkyl halides is 1. The van der Waals surface area contributed by atoms with Crippen LogP contribution in [0.3, 0.4) is 0 Å². The lowest BCUT2D eigenvalue weighted by Crippen LogP contribution is -2.05. The van der Waals surface area contributed by atoms with Crippen molar-refractivity contribution < 1.29 is 0 Å². The molecule has 0 aliphatic heterocycles. The van der Waals surface area contributed by atoms with Crippen molar-refractivity contribution in [2.24, 2.45) is 0 Å². The first-order valence-electron chi connectivity index (χ1n) is 6.29. The van der Waals surface area contributed by atoms with Crippen molar-refractivity contribution in [1.29, 1.82) is 0 Å². The largest absolute Gasteiger partial charge is 0.307 e. The predicted molar refractivity (Wildman–Crippen MR) is 87.8 cm³/mol. The molecule has 0 unspecified atom stereocenters. The van der Waals surface area contributed by atoms with E-state index in [4.69, 9.17) is 11.6 Å². The molecule has 3 rings (SSSR count). The Hall–Kier alpha value is -0.910. The first-order chi connectivity index (χ1) is 9.67. The fourth-order valence-corrected chi connectivity index (χ4v) is 3.83. The minimum absolute atomic E-state index is 0.566. The monoisotopic (exact) mass is 369 g/mol. The number of fused-ring (bicyclic) bond motifs is 1. The maximum Gasteiger partial charge on any atom is 0.160 e. The Morgan fingerprint density at radius 1 is 1.40 bits per heavy atom. The molecule has 0 N–H and O–H groups in total. The lowest BCUT2D eigenvalue weighted by molar-refractivity contribution is 0.756. The summed E-state index contributed by atoms with van der Waals surface area (Å²) in [5.74, 6) is 1.56. The number of halogens is 2. The van der Waals surface area contributed by atoms with Gasteiger partial charge in [0.05, 0.1) is 10.3 Å². The number of rotatable bonds is 4. The Labute approximate surface area is 134 Å². The fourth-order valence-electron chi connectivity index (χ4n) is 2.19. The van der Waals surface area contributed by atoms with Crippen molar-refractivity contribution in [2.75, 3.05) is 5.88 Å². The number of thiophene rings is 1. The summed E-state index contributed by atoms with van der Waals surface area (Å²) >= 11 is 11.1. The number of aryl methyl sites for hydroxylation is 2. The zero-order valence-electron chi connectivity index (χ0n) is 10.9. The molecule has 0 radical (unpaired) electrons. The summed E-state index contributed by atoms with van der Waals surface area (Å²) in [4.78, 5) is 10.5. The van der Waals surface area contributed by atoms with E-state index in [-0.39, 0.29) is 0 Å². The van der Waals surface area contributed by atoms with E-state index in [1.165, 1.54) is 4.88 Å². The van der Waals surface area contributed by atoms with Crippen LogP contribution in [0, 0.1) is 6.92 Å². The fraction of sp³-hybridized carbons (Fsp3) is 0.286. The predicted octanol–water partition coefficient (Wildman–Crippen LogP) is 4.39. The van der Waals surface area contributed by atoms with E-state index >= 15 is 0 Å². The van der Waals surface area contributed by atoms with E-state index < -0.39 is 0 Å². The van der Waals surface area contributed by atoms with E-state index in [1.54, 1.807) is 11.3 Å². The molecule has 20 heavy (non-hydrogen) atoms. The van der Waals surface area contributed by atoms with E-state index in [9.17, 15) is 0 Å². The van der Waals surface area contributed by atoms with E-state index in [0.717, 1.165) is 39.3 Å². The van der Waals surface area contributed by atoms with Gasteiger partial charge in [-0.3, -0.25) is 0 Å². The molecular weight excluding hydrogens is 358 g/mol. The second-order valence-electron chi connectivity index (χ2n) is 4.61. The molecule has 0 aliphatic carbocycles. The van der Waals surface area contributed by atoms with Gasteiger partial charge in [-0.25, -0.2) is 9.97 Å². The van der Waals surface area contributed by atoms with Gasteiger partial charge in [0.25, 0.3) is 0 Å². The standard InChI is InChI=1S/C14H13BrClN3S/c1-9-6-11-14(17-7-9)19(13(18-11)4-5-16)8-10-2-3-12(15)20-10/h2-3,6-7H,4-5,8H2,1H3. The second kappa shape index (κ2) is 5.84. The van der Waals surface area contributed by atoms with Crippen molar-refractivity contribution in [3.8, 4) is 0 Å². The van der Waals surface area contributed by atoms with Crippen molar-refractivity contribution in [1.82, 2.24) is 14.5 Å². The molecule has 0 atom stereocenters. The Balaban J connectivity index is 2.08. The van der Waals surface area contributed by atoms with E-state index in [0.29, 0.717) is 5.88 Å². The third-order valence-electron chi connectivity index (χ3n) is 3.06. The van der Waals surface area contributed by atoms with Gasteiger partial charge in [0.2, 0.25) is 0 Å². The minimum Gasteiger partial charge on any atom is -0.307 e. The van der Waals surface area contributed by atoms with Gasteiger partial charge in [-0.2, -0.15) is 0 Å². The zero-order valence-corrected chi connectivity index (χ0v) is 14.1. The molecule has 3 heterocycles. The van der Waals surface area contributed by atoms with Crippen LogP contribution < -0.4 is 0 Å². The summed E-state index contributed by atoms with van der Waals surface area (Å²) in [6.07, 6.45) is 2.64. The first-order valence-corrected chi connectivity index (χ1v) is 8.43. The van der Waals surface area contributed by atoms with Gasteiger partial charge in [0.1, 0.15) is 11.3 Å². The highest BCUT2D eigenvalue weighted by Crippen LogP contribution is 2.25. The Morgan fingerprint density at radius 2 is 2.25 bits per heavy atom. The Bertz CT molecular complexity index is 750. The molecule has 3 nitrogen and oxygen atoms in total. The number of imidazole rings is 1. The van der Waals surface area contributed by atoms with Crippen LogP contribution in [0.1, 0.15) is 16.3 Å². The molecule has 0 bridgehead atoms. The SMILES string of the molecule is Cc1cnc2c(c1)nc(CCCl)n2Cc1ccc(Br)s1. The van der Waals surface area contributed by atoms with Crippen molar-refractivity contribution in [2.45, 2.75) is 19.9 Å². The molecule has 0 saturated carbocycles. The molecule has 0 amide bonds. The average molecular weight is 371 g/mol. The summed E-state index contributed by atoms with van der Waals surface area (Å²) in [5.41, 5.74) is 3.00. The van der Waals surface area contributed by atoms with Gasteiger partial charge in [0.15, 0.2) is 5.65 Å². The molecule has 0 spiro atoms. The molecule has 3 aromatic rings. The molecule has 104 valence electrons. The van der Waals surface area contributed by atoms with Crippen LogP contribution >= 0.6 is 38.9 Å². The number of pyridine rings is 1. The lowest BCUT2D eigenvalue weighted by Gasteiger charge is -2.06. The number of hydrogen-bond donors (Lipinski definition) is 0. The van der Waals surface area contributed by atoms with Gasteiger partial charge < -0.3 is 4.57 Å². The maximum atomic E-state index is 5.90.